The molecule has 0 radical (unpaired) electrons. The lowest BCUT2D eigenvalue weighted by Crippen LogP contribution is -2.25. The Morgan fingerprint density at radius 1 is 1.12 bits per heavy atom. The Bertz CT molecular complexity index is 467. The second kappa shape index (κ2) is 4.32. The molecule has 5 nitrogen and oxygen atoms in total. The van der Waals surface area contributed by atoms with Crippen LogP contribution in [0.1, 0.15) is 5.56 Å². The smallest absolute Gasteiger partial charge is 0.288 e. The number of halogens is 1. The van der Waals surface area contributed by atoms with Gasteiger partial charge in [0.25, 0.3) is 0 Å². The van der Waals surface area contributed by atoms with Crippen LogP contribution in [-0.4, -0.2) is 17.8 Å². The molecule has 1 saturated heterocycles. The lowest BCUT2D eigenvalue weighted by atomic mass is 10.2. The first-order valence-electron chi connectivity index (χ1n) is 4.57. The van der Waals surface area contributed by atoms with Crippen LogP contribution in [0.25, 0.3) is 0 Å². The summed E-state index contributed by atoms with van der Waals surface area (Å²) in [6.45, 7) is 0.301. The van der Waals surface area contributed by atoms with Gasteiger partial charge in [-0.3, -0.25) is 20.2 Å². The first kappa shape index (κ1) is 10.6. The molecule has 2 rings (SSSR count). The van der Waals surface area contributed by atoms with Crippen molar-refractivity contribution in [2.24, 2.45) is 4.99 Å². The Balaban J connectivity index is 2.08. The van der Waals surface area contributed by atoms with E-state index in [1.807, 2.05) is 18.2 Å². The van der Waals surface area contributed by atoms with Crippen molar-refractivity contribution in [3.05, 3.63) is 34.9 Å². The quantitative estimate of drug-likeness (QED) is 0.733. The topological polar surface area (TPSA) is 70.6 Å². The molecule has 0 spiro atoms. The fraction of sp³-hybridized carbons (Fsp3) is 0.100. The number of guanidine groups is 1. The Morgan fingerprint density at radius 3 is 2.38 bits per heavy atom. The summed E-state index contributed by atoms with van der Waals surface area (Å²) in [5.41, 5.74) is 0.826. The number of hydrogen-bond donors (Lipinski definition) is 2. The van der Waals surface area contributed by atoms with Crippen LogP contribution in [0.3, 0.4) is 0 Å². The van der Waals surface area contributed by atoms with Gasteiger partial charge in [-0.1, -0.05) is 29.8 Å². The fourth-order valence-electron chi connectivity index (χ4n) is 1.23. The Hall–Kier alpha value is -1.88. The maximum Gasteiger partial charge on any atom is 0.316 e. The number of carbonyl (C=O) groups excluding carboxylic acids is 2. The predicted molar refractivity (Wildman–Crippen MR) is 58.9 cm³/mol. The van der Waals surface area contributed by atoms with Crippen molar-refractivity contribution in [1.29, 1.82) is 0 Å². The van der Waals surface area contributed by atoms with Gasteiger partial charge in [-0.05, 0) is 11.6 Å². The predicted octanol–water partition coefficient (Wildman–Crippen LogP) is 0.442. The number of nitrogens with one attached hydrogen (secondary N) is 2. The number of benzene rings is 1. The molecule has 16 heavy (non-hydrogen) atoms. The van der Waals surface area contributed by atoms with E-state index in [-0.39, 0.29) is 5.96 Å². The van der Waals surface area contributed by atoms with E-state index in [1.54, 1.807) is 6.07 Å². The summed E-state index contributed by atoms with van der Waals surface area (Å²) in [5.74, 6) is -1.23. The summed E-state index contributed by atoms with van der Waals surface area (Å²) in [5, 5.41) is 5.20. The molecule has 1 fully saturated rings. The van der Waals surface area contributed by atoms with E-state index in [0.717, 1.165) is 5.56 Å². The van der Waals surface area contributed by atoms with E-state index in [2.05, 4.69) is 15.6 Å². The molecule has 2 amide bonds. The molecule has 1 aliphatic rings. The highest BCUT2D eigenvalue weighted by molar-refractivity contribution is 6.45. The third-order valence-electron chi connectivity index (χ3n) is 2.04. The lowest BCUT2D eigenvalue weighted by Gasteiger charge is -2.00. The molecule has 0 aromatic heterocycles. The zero-order chi connectivity index (χ0) is 11.5. The number of aliphatic imine (C=N–C) groups is 1. The van der Waals surface area contributed by atoms with E-state index in [0.29, 0.717) is 11.6 Å². The van der Waals surface area contributed by atoms with Crippen molar-refractivity contribution in [2.45, 2.75) is 6.54 Å². The van der Waals surface area contributed by atoms with Crippen molar-refractivity contribution < 1.29 is 9.59 Å². The minimum absolute atomic E-state index is 0.162. The average molecular weight is 238 g/mol. The third-order valence-corrected chi connectivity index (χ3v) is 2.40. The molecule has 1 heterocycles. The van der Waals surface area contributed by atoms with E-state index in [1.165, 1.54) is 0 Å². The average Bonchev–Trinajstić information content (AvgIpc) is 2.57. The van der Waals surface area contributed by atoms with Crippen molar-refractivity contribution >= 4 is 29.4 Å². The zero-order valence-corrected chi connectivity index (χ0v) is 8.91. The van der Waals surface area contributed by atoms with Crippen LogP contribution in [0.5, 0.6) is 0 Å². The molecule has 0 saturated carbocycles. The molecule has 2 N–H and O–H groups in total. The van der Waals surface area contributed by atoms with Gasteiger partial charge in [-0.2, -0.15) is 0 Å². The molecule has 1 aliphatic heterocycles. The van der Waals surface area contributed by atoms with E-state index in [9.17, 15) is 9.59 Å². The zero-order valence-electron chi connectivity index (χ0n) is 8.16. The highest BCUT2D eigenvalue weighted by Crippen LogP contribution is 2.15. The van der Waals surface area contributed by atoms with Crippen molar-refractivity contribution in [3.63, 3.8) is 0 Å². The Morgan fingerprint density at radius 2 is 1.75 bits per heavy atom. The van der Waals surface area contributed by atoms with Crippen molar-refractivity contribution in [2.75, 3.05) is 0 Å². The Kier molecular flexibility index (Phi) is 2.87. The van der Waals surface area contributed by atoms with Crippen molar-refractivity contribution in [1.82, 2.24) is 10.6 Å². The van der Waals surface area contributed by atoms with E-state index >= 15 is 0 Å². The van der Waals surface area contributed by atoms with Gasteiger partial charge in [0.05, 0.1) is 6.54 Å². The molecule has 1 aromatic rings. The summed E-state index contributed by atoms with van der Waals surface area (Å²) in [6.07, 6.45) is 0. The van der Waals surface area contributed by atoms with Crippen molar-refractivity contribution in [3.8, 4) is 0 Å². The van der Waals surface area contributed by atoms with Gasteiger partial charge in [0.1, 0.15) is 0 Å². The summed E-state index contributed by atoms with van der Waals surface area (Å²) >= 11 is 5.92. The van der Waals surface area contributed by atoms with Crippen LogP contribution in [0.15, 0.2) is 29.3 Å². The monoisotopic (exact) mass is 237 g/mol. The van der Waals surface area contributed by atoms with Crippen LogP contribution in [0, 0.1) is 0 Å². The van der Waals surface area contributed by atoms with Gasteiger partial charge in [0.2, 0.25) is 5.96 Å². The highest BCUT2D eigenvalue weighted by Gasteiger charge is 2.24. The largest absolute Gasteiger partial charge is 0.316 e. The summed E-state index contributed by atoms with van der Waals surface area (Å²) in [6, 6.07) is 7.24. The number of rotatable bonds is 2. The number of hydrogen-bond acceptors (Lipinski definition) is 3. The summed E-state index contributed by atoms with van der Waals surface area (Å²) in [4.78, 5) is 25.7. The van der Waals surface area contributed by atoms with Crippen LogP contribution in [-0.2, 0) is 16.1 Å². The van der Waals surface area contributed by atoms with Crippen LogP contribution in [0.2, 0.25) is 5.02 Å². The van der Waals surface area contributed by atoms with Gasteiger partial charge in [0, 0.05) is 5.02 Å². The van der Waals surface area contributed by atoms with Gasteiger partial charge >= 0.3 is 11.8 Å². The standard InChI is InChI=1S/C10H8ClN3O2/c11-7-4-2-1-3-6(7)5-12-10-13-8(15)9(16)14-10/h1-4H,5H2,(H2,12,13,14,15,16). The minimum atomic E-state index is -0.696. The molecule has 0 unspecified atom stereocenters. The van der Waals surface area contributed by atoms with Gasteiger partial charge in [-0.15, -0.1) is 0 Å². The molecule has 82 valence electrons. The normalized spacial score (nSPS) is 14.7. The van der Waals surface area contributed by atoms with Gasteiger partial charge < -0.3 is 0 Å². The second-order valence-electron chi connectivity index (χ2n) is 3.16. The highest BCUT2D eigenvalue weighted by atomic mass is 35.5. The molecule has 0 atom stereocenters. The van der Waals surface area contributed by atoms with E-state index < -0.39 is 11.8 Å². The first-order chi connectivity index (χ1) is 7.66. The van der Waals surface area contributed by atoms with Gasteiger partial charge in [0.15, 0.2) is 0 Å². The SMILES string of the molecule is O=C1NC(=NCc2ccccc2Cl)NC1=O. The number of amides is 2. The first-order valence-corrected chi connectivity index (χ1v) is 4.95. The summed E-state index contributed by atoms with van der Waals surface area (Å²) < 4.78 is 0. The summed E-state index contributed by atoms with van der Waals surface area (Å²) in [7, 11) is 0. The molecular formula is C10H8ClN3O2. The van der Waals surface area contributed by atoms with E-state index in [4.69, 9.17) is 11.6 Å². The minimum Gasteiger partial charge on any atom is -0.288 e. The van der Waals surface area contributed by atoms with Crippen LogP contribution >= 0.6 is 11.6 Å². The second-order valence-corrected chi connectivity index (χ2v) is 3.57. The lowest BCUT2D eigenvalue weighted by molar-refractivity contribution is -0.135. The maximum absolute atomic E-state index is 10.8. The molecule has 0 aliphatic carbocycles. The third kappa shape index (κ3) is 2.20. The number of nitrogens with zero attached hydrogens (tertiary/aromatic N) is 1. The maximum atomic E-state index is 10.8. The Labute approximate surface area is 96.5 Å². The molecule has 0 bridgehead atoms. The van der Waals surface area contributed by atoms with Gasteiger partial charge in [-0.25, -0.2) is 4.99 Å². The molecule has 1 aromatic carbocycles. The number of carbonyl (C=O) groups is 2. The molecule has 6 heteroatoms. The fourth-order valence-corrected chi connectivity index (χ4v) is 1.43. The molecular weight excluding hydrogens is 230 g/mol. The van der Waals surface area contributed by atoms with Crippen LogP contribution < -0.4 is 10.6 Å². The van der Waals surface area contributed by atoms with Crippen LogP contribution in [0.4, 0.5) is 0 Å².